The molecule has 0 unspecified atom stereocenters. The van der Waals surface area contributed by atoms with Crippen molar-refractivity contribution in [3.05, 3.63) is 236 Å². The van der Waals surface area contributed by atoms with Gasteiger partial charge in [-0.3, -0.25) is 13.7 Å². The summed E-state index contributed by atoms with van der Waals surface area (Å²) >= 11 is 0. The molecule has 13 aromatic rings. The highest BCUT2D eigenvalue weighted by molar-refractivity contribution is 6.86. The van der Waals surface area contributed by atoms with E-state index in [1.54, 1.807) is 22.8 Å². The van der Waals surface area contributed by atoms with E-state index in [4.69, 9.17) is 17.9 Å². The van der Waals surface area contributed by atoms with E-state index < -0.39 is 67.3 Å². The summed E-state index contributed by atoms with van der Waals surface area (Å²) < 4.78 is 105. The number of rotatable bonds is 7. The highest BCUT2D eigenvalue weighted by Crippen LogP contribution is 2.41. The second-order valence-corrected chi connectivity index (χ2v) is 19.0. The topological polar surface area (TPSA) is 40.8 Å². The van der Waals surface area contributed by atoms with Crippen molar-refractivity contribution in [3.8, 4) is 50.9 Å². The summed E-state index contributed by atoms with van der Waals surface area (Å²) in [6.45, 7) is 6.17. The van der Waals surface area contributed by atoms with Crippen LogP contribution in [0.5, 0.6) is 11.5 Å². The molecule has 71 heavy (non-hydrogen) atoms. The third-order valence-corrected chi connectivity index (χ3v) is 13.9. The Morgan fingerprint density at radius 2 is 1.21 bits per heavy atom. The van der Waals surface area contributed by atoms with Crippen LogP contribution in [-0.4, -0.2) is 25.4 Å². The molecule has 0 radical (unpaired) electrons. The summed E-state index contributed by atoms with van der Waals surface area (Å²) in [6.07, 6.45) is 5.56. The van der Waals surface area contributed by atoms with Crippen molar-refractivity contribution in [1.82, 2.24) is 18.6 Å². The van der Waals surface area contributed by atoms with Crippen molar-refractivity contribution < 1.29 is 23.0 Å². The fourth-order valence-electron chi connectivity index (χ4n) is 10.8. The number of hydrogen-bond acceptors (Lipinski definition) is 2. The standard InChI is InChI=1S/C64H46BN5O/c1-64(2,3)44-36-37-66-60(38-44)69-55-28-15-13-24-50(55)52-32-30-46(39-58(52)69)71-47-31-34-54-59(40-47)68-41-67(61-48(42-18-7-4-8-19-42)26-17-27-49(61)43-20-9-5-10-21-43)57-35-33-53-51-25-14-16-29-56(51)70(62(53)63(57)68)65(54)45-22-11-6-12-23-45/h4-40H,1-3H3/i4D,5D,7D,8D,9D,10D,18D,19D,20D,21D. The molecule has 9 aromatic carbocycles. The lowest BCUT2D eigenvalue weighted by molar-refractivity contribution is -0.571. The first-order valence-corrected chi connectivity index (χ1v) is 23.6. The van der Waals surface area contributed by atoms with Crippen LogP contribution in [0.2, 0.25) is 0 Å². The van der Waals surface area contributed by atoms with Gasteiger partial charge >= 0.3 is 6.85 Å². The van der Waals surface area contributed by atoms with E-state index in [0.717, 1.165) is 65.9 Å². The summed E-state index contributed by atoms with van der Waals surface area (Å²) in [5.41, 5.74) is 8.85. The second kappa shape index (κ2) is 15.8. The molecule has 0 amide bonds. The number of para-hydroxylation sites is 3. The van der Waals surface area contributed by atoms with E-state index in [1.165, 1.54) is 0 Å². The molecule has 5 heterocycles. The molecule has 0 spiro atoms. The summed E-state index contributed by atoms with van der Waals surface area (Å²) in [6, 6.07) is 46.8. The fraction of sp³-hybridized carbons (Fsp3) is 0.0625. The molecule has 0 aliphatic carbocycles. The number of pyridine rings is 1. The first-order chi connectivity index (χ1) is 39.0. The first-order valence-electron chi connectivity index (χ1n) is 28.6. The average Bonchev–Trinajstić information content (AvgIpc) is 4.08. The van der Waals surface area contributed by atoms with Gasteiger partial charge in [-0.05, 0) is 87.2 Å². The molecule has 336 valence electrons. The molecule has 0 atom stereocenters. The first kappa shape index (κ1) is 32.0. The van der Waals surface area contributed by atoms with Gasteiger partial charge in [0.25, 0.3) is 6.33 Å². The van der Waals surface area contributed by atoms with Crippen molar-refractivity contribution >= 4 is 72.4 Å². The zero-order valence-electron chi connectivity index (χ0n) is 48.8. The molecule has 14 rings (SSSR count). The number of aromatic nitrogens is 5. The lowest BCUT2D eigenvalue weighted by Crippen LogP contribution is -2.49. The van der Waals surface area contributed by atoms with E-state index in [0.29, 0.717) is 28.2 Å². The van der Waals surface area contributed by atoms with Crippen LogP contribution in [0.25, 0.3) is 94.1 Å². The maximum absolute atomic E-state index is 9.30. The Morgan fingerprint density at radius 3 is 1.94 bits per heavy atom. The van der Waals surface area contributed by atoms with Crippen molar-refractivity contribution in [1.29, 1.82) is 0 Å². The molecule has 1 aliphatic rings. The molecule has 7 heteroatoms. The van der Waals surface area contributed by atoms with Gasteiger partial charge in [0.05, 0.1) is 41.6 Å². The highest BCUT2D eigenvalue weighted by atomic mass is 16.5. The summed E-state index contributed by atoms with van der Waals surface area (Å²) in [4.78, 5) is 4.90. The molecule has 0 N–H and O–H groups in total. The Labute approximate surface area is 426 Å². The van der Waals surface area contributed by atoms with E-state index in [1.807, 2.05) is 89.6 Å². The minimum atomic E-state index is -0.571. The van der Waals surface area contributed by atoms with Gasteiger partial charge in [-0.2, -0.15) is 0 Å². The third kappa shape index (κ3) is 6.43. The molecule has 4 aromatic heterocycles. The van der Waals surface area contributed by atoms with Crippen LogP contribution in [0.4, 0.5) is 0 Å². The number of hydrogen-bond donors (Lipinski definition) is 0. The monoisotopic (exact) mass is 921 g/mol. The van der Waals surface area contributed by atoms with E-state index in [9.17, 15) is 5.48 Å². The largest absolute Gasteiger partial charge is 0.458 e. The van der Waals surface area contributed by atoms with Crippen molar-refractivity contribution in [2.24, 2.45) is 0 Å². The summed E-state index contributed by atoms with van der Waals surface area (Å²) in [7, 11) is 0. The maximum Gasteiger partial charge on any atom is 0.324 e. The van der Waals surface area contributed by atoms with Crippen LogP contribution < -0.4 is 20.2 Å². The van der Waals surface area contributed by atoms with Gasteiger partial charge in [-0.25, -0.2) is 4.98 Å². The Balaban J connectivity index is 1.06. The van der Waals surface area contributed by atoms with Crippen molar-refractivity contribution in [2.45, 2.75) is 26.2 Å². The smallest absolute Gasteiger partial charge is 0.324 e. The van der Waals surface area contributed by atoms with Gasteiger partial charge in [0.15, 0.2) is 0 Å². The van der Waals surface area contributed by atoms with Gasteiger partial charge in [0.1, 0.15) is 22.8 Å². The predicted octanol–water partition coefficient (Wildman–Crippen LogP) is 13.7. The van der Waals surface area contributed by atoms with Crippen LogP contribution in [0.1, 0.15) is 40.0 Å². The number of ether oxygens (including phenoxy) is 1. The minimum Gasteiger partial charge on any atom is -0.458 e. The molecule has 0 saturated carbocycles. The Morgan fingerprint density at radius 1 is 0.577 bits per heavy atom. The van der Waals surface area contributed by atoms with Crippen LogP contribution >= 0.6 is 0 Å². The predicted molar refractivity (Wildman–Crippen MR) is 292 cm³/mol. The van der Waals surface area contributed by atoms with Gasteiger partial charge in [0.2, 0.25) is 0 Å². The van der Waals surface area contributed by atoms with E-state index in [2.05, 4.69) is 96.8 Å². The SMILES string of the molecule is [2H]c1c([2H])c([2H])c(-c2cccc(-c3c([2H])c([2H])c([2H])c([2H])c3[2H])c2-[n+]2[c-]n3c4c5c(ccc42)c2ccccc2n5B(c2ccccc2)c2ccc(Oc4ccc5c6ccccc6n(-c6cc(C(C)(C)C)ccn6)c5c4)cc2-3)c([2H])c1[2H]. The highest BCUT2D eigenvalue weighted by Gasteiger charge is 2.35. The van der Waals surface area contributed by atoms with Crippen LogP contribution in [0, 0.1) is 6.33 Å². The van der Waals surface area contributed by atoms with Crippen LogP contribution in [0.3, 0.4) is 0 Å². The van der Waals surface area contributed by atoms with Crippen molar-refractivity contribution in [2.75, 3.05) is 0 Å². The second-order valence-electron chi connectivity index (χ2n) is 19.0. The van der Waals surface area contributed by atoms with E-state index >= 15 is 0 Å². The lowest BCUT2D eigenvalue weighted by Gasteiger charge is -2.21. The van der Waals surface area contributed by atoms with Gasteiger partial charge in [0, 0.05) is 44.8 Å². The molecule has 0 fully saturated rings. The van der Waals surface area contributed by atoms with Gasteiger partial charge in [-0.15, -0.1) is 0 Å². The zero-order chi connectivity index (χ0) is 56.1. The van der Waals surface area contributed by atoms with Crippen LogP contribution in [0.15, 0.2) is 224 Å². The molecule has 0 bridgehead atoms. The normalized spacial score (nSPS) is 14.4. The van der Waals surface area contributed by atoms with Crippen LogP contribution in [-0.2, 0) is 5.41 Å². The summed E-state index contributed by atoms with van der Waals surface area (Å²) in [5.74, 6) is 1.88. The quantitative estimate of drug-likeness (QED) is 0.0908. The number of fused-ring (bicyclic) bond motifs is 8. The van der Waals surface area contributed by atoms with Crippen molar-refractivity contribution in [3.63, 3.8) is 0 Å². The van der Waals surface area contributed by atoms with E-state index in [-0.39, 0.29) is 33.4 Å². The van der Waals surface area contributed by atoms with Gasteiger partial charge in [-0.1, -0.05) is 190 Å². The molecule has 1 aliphatic heterocycles. The number of imidazole rings is 1. The Kier molecular flexibility index (Phi) is 7.12. The Hall–Kier alpha value is -8.94. The number of nitrogens with zero attached hydrogens (tertiary/aromatic N) is 5. The average molecular weight is 922 g/mol. The number of benzene rings is 9. The zero-order valence-corrected chi connectivity index (χ0v) is 38.8. The van der Waals surface area contributed by atoms with Gasteiger partial charge < -0.3 is 9.21 Å². The lowest BCUT2D eigenvalue weighted by atomic mass is 9.49. The molecule has 6 nitrogen and oxygen atoms in total. The fourth-order valence-corrected chi connectivity index (χ4v) is 10.8. The third-order valence-electron chi connectivity index (χ3n) is 13.9. The molecular formula is C64H46BN5O. The summed E-state index contributed by atoms with van der Waals surface area (Å²) in [5, 5.41) is 4.06. The molecular weight excluding hydrogens is 866 g/mol. The molecule has 0 saturated heterocycles. The Bertz CT molecular complexity index is 4730. The maximum atomic E-state index is 9.30. The minimum absolute atomic E-state index is 0.112.